The van der Waals surface area contributed by atoms with Gasteiger partial charge >= 0.3 is 0 Å². The lowest BCUT2D eigenvalue weighted by Crippen LogP contribution is -2.26. The smallest absolute Gasteiger partial charge is 0.251 e. The molecule has 0 saturated heterocycles. The molecule has 0 saturated carbocycles. The largest absolute Gasteiger partial charge is 0.352 e. The maximum atomic E-state index is 11.9. The van der Waals surface area contributed by atoms with Crippen molar-refractivity contribution in [3.05, 3.63) is 71.3 Å². The maximum Gasteiger partial charge on any atom is 0.251 e. The molecule has 2 aromatic rings. The molecule has 0 fully saturated rings. The van der Waals surface area contributed by atoms with Gasteiger partial charge in [0.25, 0.3) is 5.91 Å². The topological polar surface area (TPSA) is 46.2 Å². The van der Waals surface area contributed by atoms with Crippen LogP contribution in [0.1, 0.15) is 32.7 Å². The quantitative estimate of drug-likeness (QED) is 0.846. The van der Waals surface area contributed by atoms with Gasteiger partial charge < -0.3 is 5.32 Å². The average molecular weight is 267 g/mol. The molecule has 102 valence electrons. The molecular weight excluding hydrogens is 250 g/mol. The van der Waals surface area contributed by atoms with Gasteiger partial charge in [-0.15, -0.1) is 0 Å². The highest BCUT2D eigenvalue weighted by atomic mass is 16.1. The van der Waals surface area contributed by atoms with E-state index in [1.165, 1.54) is 0 Å². The second kappa shape index (κ2) is 6.66. The van der Waals surface area contributed by atoms with E-state index in [0.717, 1.165) is 5.56 Å². The van der Waals surface area contributed by atoms with Crippen LogP contribution in [0.5, 0.6) is 0 Å². The number of nitrogens with one attached hydrogen (secondary N) is 1. The monoisotopic (exact) mass is 267 g/mol. The molecule has 2 rings (SSSR count). The van der Waals surface area contributed by atoms with Gasteiger partial charge in [0.15, 0.2) is 5.78 Å². The van der Waals surface area contributed by atoms with Crippen molar-refractivity contribution in [1.82, 2.24) is 5.32 Å². The maximum absolute atomic E-state index is 11.9. The third-order valence-electron chi connectivity index (χ3n) is 3.05. The van der Waals surface area contributed by atoms with Gasteiger partial charge in [0.2, 0.25) is 0 Å². The Kier molecular flexibility index (Phi) is 4.66. The fourth-order valence-electron chi connectivity index (χ4n) is 1.86. The van der Waals surface area contributed by atoms with E-state index in [2.05, 4.69) is 5.32 Å². The first-order valence-electron chi connectivity index (χ1n) is 6.60. The van der Waals surface area contributed by atoms with Crippen molar-refractivity contribution >= 4 is 11.7 Å². The van der Waals surface area contributed by atoms with Gasteiger partial charge in [-0.2, -0.15) is 0 Å². The zero-order valence-corrected chi connectivity index (χ0v) is 11.4. The van der Waals surface area contributed by atoms with Crippen molar-refractivity contribution in [2.45, 2.75) is 13.3 Å². The molecule has 20 heavy (non-hydrogen) atoms. The lowest BCUT2D eigenvalue weighted by atomic mass is 10.1. The van der Waals surface area contributed by atoms with E-state index in [-0.39, 0.29) is 11.7 Å². The molecule has 0 bridgehead atoms. The number of carbonyl (C=O) groups excluding carboxylic acids is 2. The zero-order valence-electron chi connectivity index (χ0n) is 11.4. The molecule has 0 radical (unpaired) electrons. The fourth-order valence-corrected chi connectivity index (χ4v) is 1.86. The normalized spacial score (nSPS) is 10.1. The van der Waals surface area contributed by atoms with Crippen LogP contribution in [0.3, 0.4) is 0 Å². The van der Waals surface area contributed by atoms with E-state index in [9.17, 15) is 9.59 Å². The first-order valence-corrected chi connectivity index (χ1v) is 6.60. The highest BCUT2D eigenvalue weighted by Crippen LogP contribution is 2.06. The van der Waals surface area contributed by atoms with Crippen LogP contribution < -0.4 is 5.32 Å². The number of benzene rings is 2. The summed E-state index contributed by atoms with van der Waals surface area (Å²) in [4.78, 5) is 23.7. The number of Topliss-reactive ketones (excluding diaryl/α,β-unsaturated/α-hetero) is 1. The van der Waals surface area contributed by atoms with Crippen LogP contribution in [0.25, 0.3) is 0 Å². The third-order valence-corrected chi connectivity index (χ3v) is 3.05. The van der Waals surface area contributed by atoms with E-state index in [4.69, 9.17) is 0 Å². The minimum Gasteiger partial charge on any atom is -0.352 e. The van der Waals surface area contributed by atoms with Crippen molar-refractivity contribution in [1.29, 1.82) is 0 Å². The van der Waals surface area contributed by atoms with Crippen LogP contribution >= 0.6 is 0 Å². The Balaban J connectivity index is 1.83. The minimum atomic E-state index is -0.151. The Morgan fingerprint density at radius 1 is 0.900 bits per heavy atom. The molecule has 3 nitrogen and oxygen atoms in total. The Bertz CT molecular complexity index is 588. The summed E-state index contributed by atoms with van der Waals surface area (Å²) in [5, 5.41) is 2.75. The van der Waals surface area contributed by atoms with Crippen LogP contribution in [0.4, 0.5) is 0 Å². The summed E-state index contributed by atoms with van der Waals surface area (Å²) in [6.07, 6.45) is 0.307. The summed E-state index contributed by atoms with van der Waals surface area (Å²) in [5.74, 6) is -0.110. The summed E-state index contributed by atoms with van der Waals surface area (Å²) in [7, 11) is 0. The summed E-state index contributed by atoms with van der Waals surface area (Å²) in [6, 6.07) is 16.4. The lowest BCUT2D eigenvalue weighted by molar-refractivity contribution is 0.0940. The Morgan fingerprint density at radius 3 is 2.20 bits per heavy atom. The second-order valence-corrected chi connectivity index (χ2v) is 4.66. The van der Waals surface area contributed by atoms with Gasteiger partial charge in [0.05, 0.1) is 0 Å². The predicted octanol–water partition coefficient (Wildman–Crippen LogP) is 3.00. The van der Waals surface area contributed by atoms with Crippen molar-refractivity contribution in [3.8, 4) is 0 Å². The van der Waals surface area contributed by atoms with E-state index in [1.807, 2.05) is 49.4 Å². The van der Waals surface area contributed by atoms with Crippen molar-refractivity contribution in [2.75, 3.05) is 6.54 Å². The molecular formula is C17H17NO2. The molecule has 0 spiro atoms. The summed E-state index contributed by atoms with van der Waals surface area (Å²) >= 11 is 0. The lowest BCUT2D eigenvalue weighted by Gasteiger charge is -2.05. The second-order valence-electron chi connectivity index (χ2n) is 4.66. The molecule has 0 aromatic heterocycles. The molecule has 1 amide bonds. The minimum absolute atomic E-state index is 0.0401. The zero-order chi connectivity index (χ0) is 14.4. The average Bonchev–Trinajstić information content (AvgIpc) is 2.48. The number of carbonyl (C=O) groups is 2. The SMILES string of the molecule is Cc1ccc(C(=O)CCNC(=O)c2ccccc2)cc1. The first kappa shape index (κ1) is 14.0. The molecule has 0 aliphatic carbocycles. The van der Waals surface area contributed by atoms with Gasteiger partial charge in [-0.3, -0.25) is 9.59 Å². The van der Waals surface area contributed by atoms with Crippen LogP contribution in [-0.2, 0) is 0 Å². The van der Waals surface area contributed by atoms with Crippen LogP contribution in [0.15, 0.2) is 54.6 Å². The van der Waals surface area contributed by atoms with Crippen LogP contribution in [0.2, 0.25) is 0 Å². The third kappa shape index (κ3) is 3.79. The molecule has 0 aliphatic heterocycles. The van der Waals surface area contributed by atoms with Gasteiger partial charge in [0.1, 0.15) is 0 Å². The van der Waals surface area contributed by atoms with Crippen molar-refractivity contribution < 1.29 is 9.59 Å². The first-order chi connectivity index (χ1) is 9.66. The van der Waals surface area contributed by atoms with Gasteiger partial charge in [-0.05, 0) is 19.1 Å². The Morgan fingerprint density at radius 2 is 1.55 bits per heavy atom. The summed E-state index contributed by atoms with van der Waals surface area (Å²) < 4.78 is 0. The number of hydrogen-bond acceptors (Lipinski definition) is 2. The van der Waals surface area contributed by atoms with E-state index >= 15 is 0 Å². The van der Waals surface area contributed by atoms with Gasteiger partial charge in [-0.1, -0.05) is 48.0 Å². The number of hydrogen-bond donors (Lipinski definition) is 1. The van der Waals surface area contributed by atoms with Crippen molar-refractivity contribution in [2.24, 2.45) is 0 Å². The predicted molar refractivity (Wildman–Crippen MR) is 78.9 cm³/mol. The molecule has 0 heterocycles. The molecule has 0 aliphatic rings. The number of aryl methyl sites for hydroxylation is 1. The molecule has 0 unspecified atom stereocenters. The van der Waals surface area contributed by atoms with Gasteiger partial charge in [-0.25, -0.2) is 0 Å². The number of amides is 1. The van der Waals surface area contributed by atoms with E-state index in [0.29, 0.717) is 24.1 Å². The van der Waals surface area contributed by atoms with E-state index in [1.54, 1.807) is 12.1 Å². The Hall–Kier alpha value is -2.42. The highest BCUT2D eigenvalue weighted by molar-refractivity contribution is 5.97. The van der Waals surface area contributed by atoms with Crippen LogP contribution in [0, 0.1) is 6.92 Å². The number of rotatable bonds is 5. The standard InChI is InChI=1S/C17H17NO2/c1-13-7-9-14(10-8-13)16(19)11-12-18-17(20)15-5-3-2-4-6-15/h2-10H,11-12H2,1H3,(H,18,20). The molecule has 3 heteroatoms. The Labute approximate surface area is 118 Å². The summed E-state index contributed by atoms with van der Waals surface area (Å²) in [6.45, 7) is 2.33. The van der Waals surface area contributed by atoms with Crippen molar-refractivity contribution in [3.63, 3.8) is 0 Å². The molecule has 0 atom stereocenters. The summed E-state index contributed by atoms with van der Waals surface area (Å²) in [5.41, 5.74) is 2.42. The van der Waals surface area contributed by atoms with Gasteiger partial charge in [0, 0.05) is 24.1 Å². The fraction of sp³-hybridized carbons (Fsp3) is 0.176. The van der Waals surface area contributed by atoms with Crippen LogP contribution in [-0.4, -0.2) is 18.2 Å². The number of ketones is 1. The highest BCUT2D eigenvalue weighted by Gasteiger charge is 2.07. The molecule has 1 N–H and O–H groups in total. The molecule has 2 aromatic carbocycles. The van der Waals surface area contributed by atoms with E-state index < -0.39 is 0 Å².